The molecule has 2 heterocycles. The van der Waals surface area contributed by atoms with Gasteiger partial charge in [-0.2, -0.15) is 0 Å². The molecule has 13 atom stereocenters. The van der Waals surface area contributed by atoms with E-state index in [9.17, 15) is 49.2 Å². The maximum absolute atomic E-state index is 14.0. The van der Waals surface area contributed by atoms with E-state index in [1.807, 2.05) is 0 Å². The zero-order valence-corrected chi connectivity index (χ0v) is 48.9. The third-order valence-electron chi connectivity index (χ3n) is 12.6. The van der Waals surface area contributed by atoms with Gasteiger partial charge in [-0.1, -0.05) is 0 Å². The van der Waals surface area contributed by atoms with Gasteiger partial charge in [0.1, 0.15) is 63.8 Å². The average Bonchev–Trinajstić information content (AvgIpc) is 4.09. The molecule has 2 unspecified atom stereocenters. The lowest BCUT2D eigenvalue weighted by Gasteiger charge is -2.52. The second kappa shape index (κ2) is 26.1. The summed E-state index contributed by atoms with van der Waals surface area (Å²) in [7, 11) is 1.32. The van der Waals surface area contributed by atoms with Crippen LogP contribution in [0.5, 0.6) is 0 Å². The molecule has 10 N–H and O–H groups in total. The first-order chi connectivity index (χ1) is 35.6. The van der Waals surface area contributed by atoms with E-state index < -0.39 is 150 Å². The van der Waals surface area contributed by atoms with Crippen LogP contribution in [0, 0.1) is 11.8 Å². The molecule has 25 heteroatoms. The van der Waals surface area contributed by atoms with Gasteiger partial charge < -0.3 is 95.1 Å². The zero-order chi connectivity index (χ0) is 59.1. The van der Waals surface area contributed by atoms with Crippen LogP contribution in [0.15, 0.2) is 11.8 Å². The molecule has 25 nitrogen and oxygen atoms in total. The maximum Gasteiger partial charge on any atom is 0.410 e. The zero-order valence-electron chi connectivity index (χ0n) is 48.9. The Kier molecular flexibility index (Phi) is 22.0. The van der Waals surface area contributed by atoms with Crippen LogP contribution in [-0.2, 0) is 42.7 Å². The number of rotatable bonds is 17. The number of hydrogen-bond acceptors (Lipinski definition) is 19. The fourth-order valence-electron chi connectivity index (χ4n) is 9.41. The molecule has 448 valence electrons. The largest absolute Gasteiger partial charge is 0.491 e. The van der Waals surface area contributed by atoms with E-state index >= 15 is 0 Å². The van der Waals surface area contributed by atoms with E-state index in [0.717, 1.165) is 17.7 Å². The highest BCUT2D eigenvalue weighted by Gasteiger charge is 2.57. The highest BCUT2D eigenvalue weighted by molar-refractivity contribution is 5.82. The van der Waals surface area contributed by atoms with Gasteiger partial charge in [0, 0.05) is 25.0 Å². The van der Waals surface area contributed by atoms with Crippen LogP contribution < -0.4 is 31.9 Å². The first kappa shape index (κ1) is 65.6. The lowest BCUT2D eigenvalue weighted by molar-refractivity contribution is -0.305. The number of nitrogens with zero attached hydrogens (tertiary/aromatic N) is 1. The molecule has 2 aliphatic carbocycles. The molecule has 4 rings (SSSR count). The molecule has 0 aromatic heterocycles. The van der Waals surface area contributed by atoms with E-state index in [1.54, 1.807) is 110 Å². The smallest absolute Gasteiger partial charge is 0.410 e. The van der Waals surface area contributed by atoms with Crippen molar-refractivity contribution in [3.05, 3.63) is 11.8 Å². The van der Waals surface area contributed by atoms with Crippen molar-refractivity contribution < 1.29 is 87.1 Å². The molecule has 0 spiro atoms. The number of hydrogen-bond donors (Lipinski definition) is 10. The van der Waals surface area contributed by atoms with Gasteiger partial charge in [-0.3, -0.25) is 4.79 Å². The average molecular weight is 1120 g/mol. The lowest BCUT2D eigenvalue weighted by atomic mass is 9.72. The second-order valence-corrected chi connectivity index (χ2v) is 26.0. The molecule has 0 aromatic carbocycles. The van der Waals surface area contributed by atoms with Gasteiger partial charge in [0.05, 0.1) is 43.9 Å². The Bertz CT molecular complexity index is 2090. The number of amides is 6. The van der Waals surface area contributed by atoms with Crippen LogP contribution in [0.3, 0.4) is 0 Å². The normalized spacial score (nSPS) is 28.7. The molecular formula is C53H93N7O18. The Hall–Kier alpha value is -4.92. The van der Waals surface area contributed by atoms with Gasteiger partial charge in [0.2, 0.25) is 0 Å². The lowest BCUT2D eigenvalue weighted by Crippen LogP contribution is -2.71. The molecule has 4 aliphatic rings. The van der Waals surface area contributed by atoms with Gasteiger partial charge in [-0.25, -0.2) is 24.0 Å². The highest BCUT2D eigenvalue weighted by atomic mass is 16.7. The molecule has 3 fully saturated rings. The number of aliphatic hydroxyl groups is 4. The molecule has 0 radical (unpaired) electrons. The van der Waals surface area contributed by atoms with Gasteiger partial charge in [-0.05, 0) is 161 Å². The predicted octanol–water partition coefficient (Wildman–Crippen LogP) is 3.57. The minimum absolute atomic E-state index is 0.120. The van der Waals surface area contributed by atoms with Gasteiger partial charge >= 0.3 is 30.5 Å². The molecule has 1 saturated heterocycles. The number of ether oxygens (including phenoxy) is 8. The van der Waals surface area contributed by atoms with Crippen molar-refractivity contribution >= 4 is 36.4 Å². The molecule has 2 saturated carbocycles. The van der Waals surface area contributed by atoms with Crippen molar-refractivity contribution in [2.24, 2.45) is 11.8 Å². The van der Waals surface area contributed by atoms with Crippen molar-refractivity contribution in [1.82, 2.24) is 36.8 Å². The first-order valence-corrected chi connectivity index (χ1v) is 26.9. The van der Waals surface area contributed by atoms with Crippen LogP contribution in [0.2, 0.25) is 0 Å². The fourth-order valence-corrected chi connectivity index (χ4v) is 9.41. The second-order valence-electron chi connectivity index (χ2n) is 26.0. The third-order valence-corrected chi connectivity index (χ3v) is 12.6. The number of carbonyl (C=O) groups is 6. The number of carbonyl (C=O) groups excluding carboxylic acids is 6. The Labute approximate surface area is 459 Å². The summed E-state index contributed by atoms with van der Waals surface area (Å²) in [5, 5.41) is 64.9. The summed E-state index contributed by atoms with van der Waals surface area (Å²) in [5.41, 5.74) is -6.37. The molecule has 6 amide bonds. The van der Waals surface area contributed by atoms with E-state index in [4.69, 9.17) is 37.9 Å². The van der Waals surface area contributed by atoms with Crippen molar-refractivity contribution in [1.29, 1.82) is 0 Å². The van der Waals surface area contributed by atoms with Crippen molar-refractivity contribution in [2.75, 3.05) is 33.3 Å². The van der Waals surface area contributed by atoms with Crippen LogP contribution in [0.25, 0.3) is 0 Å². The Morgan fingerprint density at radius 1 is 0.731 bits per heavy atom. The van der Waals surface area contributed by atoms with Crippen molar-refractivity contribution in [2.45, 2.75) is 244 Å². The summed E-state index contributed by atoms with van der Waals surface area (Å²) in [6.45, 7) is 26.0. The SMILES string of the molecule is CN(C(=O)OC(C)(C)C)[C@@H]1[C@@H](O)[C@@H](O[C@H]2[C@H](NC(=O)[C@@H](O)CNC(=O)OC(C)(C)C)C[C@H](NC(=O)OC(C)(C)C)C([C@H]3OC(CNCCC(NC(=O)OC(C)(C)C)C4CC4)=CC[C@H]3NC(=O)OC(C)(C)C)[C@@H]2O)OC[C@]1(C)O. The summed E-state index contributed by atoms with van der Waals surface area (Å²) in [6.07, 6.45) is -10.2. The summed E-state index contributed by atoms with van der Waals surface area (Å²) >= 11 is 0. The molecule has 0 bridgehead atoms. The summed E-state index contributed by atoms with van der Waals surface area (Å²) < 4.78 is 46.9. The number of likely N-dealkylation sites (N-methyl/N-ethyl adjacent to an activating group) is 1. The first-order valence-electron chi connectivity index (χ1n) is 26.9. The number of alkyl carbamates (subject to hydrolysis) is 4. The van der Waals surface area contributed by atoms with Gasteiger partial charge in [0.15, 0.2) is 6.29 Å². The Morgan fingerprint density at radius 3 is 1.79 bits per heavy atom. The monoisotopic (exact) mass is 1120 g/mol. The topological polar surface area (TPSA) is 333 Å². The standard InChI is InChI=1S/C53H93N7O18/c1-48(2,3)74-43(65)55-26-34(61)41(64)56-33-24-32(59-46(68)77-51(10,11)12)35(36(62)39(33)73-42-37(63)40(53(16,70)27-71-42)60(17)47(69)78-52(13,14)15)38-31(58-45(67)76-50(7,8)9)21-20-29(72-38)25-54-23-22-30(28-18-19-28)57-44(66)75-49(4,5)6/h20,28,30-40,42,54,61-63,70H,18-19,21-27H2,1-17H3,(H,55,65)(H,56,64)(H,57,66)(H,58,67)(H,59,68)/t30?,31-,32+,33-,34+,35?,36+,37-,38+,39+,40-,42-,53+/m1/s1. The van der Waals surface area contributed by atoms with E-state index in [0.29, 0.717) is 24.6 Å². The minimum Gasteiger partial charge on any atom is -0.491 e. The molecule has 78 heavy (non-hydrogen) atoms. The summed E-state index contributed by atoms with van der Waals surface area (Å²) in [6, 6.07) is -5.12. The van der Waals surface area contributed by atoms with Crippen LogP contribution in [0.1, 0.15) is 143 Å². The Morgan fingerprint density at radius 2 is 1.26 bits per heavy atom. The van der Waals surface area contributed by atoms with Gasteiger partial charge in [-0.15, -0.1) is 0 Å². The number of nitrogens with one attached hydrogen (secondary N) is 6. The quantitative estimate of drug-likeness (QED) is 0.0735. The van der Waals surface area contributed by atoms with Crippen molar-refractivity contribution in [3.63, 3.8) is 0 Å². The van der Waals surface area contributed by atoms with E-state index in [1.165, 1.54) is 14.0 Å². The third kappa shape index (κ3) is 21.3. The number of aliphatic hydroxyl groups excluding tert-OH is 3. The van der Waals surface area contributed by atoms with E-state index in [2.05, 4.69) is 31.9 Å². The molecular weight excluding hydrogens is 1020 g/mol. The van der Waals surface area contributed by atoms with Crippen molar-refractivity contribution in [3.8, 4) is 0 Å². The Balaban J connectivity index is 1.77. The fraction of sp³-hybridized carbons (Fsp3) is 0.849. The molecule has 0 aromatic rings. The minimum atomic E-state index is -1.90. The van der Waals surface area contributed by atoms with Crippen LogP contribution in [0.4, 0.5) is 24.0 Å². The van der Waals surface area contributed by atoms with Gasteiger partial charge in [0.25, 0.3) is 5.91 Å². The van der Waals surface area contributed by atoms with Crippen LogP contribution in [-0.4, -0.2) is 196 Å². The maximum atomic E-state index is 14.0. The summed E-state index contributed by atoms with van der Waals surface area (Å²) in [4.78, 5) is 81.1. The van der Waals surface area contributed by atoms with E-state index in [-0.39, 0.29) is 25.4 Å². The van der Waals surface area contributed by atoms with Crippen LogP contribution >= 0.6 is 0 Å². The predicted molar refractivity (Wildman–Crippen MR) is 283 cm³/mol. The summed E-state index contributed by atoms with van der Waals surface area (Å²) in [5.74, 6) is -1.65. The molecule has 2 aliphatic heterocycles. The highest BCUT2D eigenvalue weighted by Crippen LogP contribution is 2.39.